The van der Waals surface area contributed by atoms with Crippen molar-refractivity contribution >= 4 is 38.6 Å². The summed E-state index contributed by atoms with van der Waals surface area (Å²) < 4.78 is 31.7. The lowest BCUT2D eigenvalue weighted by Gasteiger charge is -2.33. The van der Waals surface area contributed by atoms with Crippen molar-refractivity contribution in [3.63, 3.8) is 0 Å². The molecule has 1 aliphatic heterocycles. The standard InChI is InChI=1S/C32H39N7O4S/c1-36-20-10-15-29(36)31(32(41)33-24-11-4-2-5-12-24)39(30(40)23-38-28-14-7-6-13-27(28)34-35-38)25-16-18-26(19-17-25)44(42,43)37-21-8-3-9-22-37/h6-7,10,13-20,24,31H,2-5,8-9,11-12,21-23H2,1H3,(H,33,41)/t31-/m0/s1. The van der Waals surface area contributed by atoms with E-state index in [1.54, 1.807) is 12.1 Å². The summed E-state index contributed by atoms with van der Waals surface area (Å²) in [5, 5.41) is 11.6. The van der Waals surface area contributed by atoms with Crippen molar-refractivity contribution in [2.75, 3.05) is 18.0 Å². The molecular formula is C32H39N7O4S. The first kappa shape index (κ1) is 30.0. The minimum absolute atomic E-state index is 0.0345. The summed E-state index contributed by atoms with van der Waals surface area (Å²) in [6.07, 6.45) is 9.59. The molecule has 2 aliphatic rings. The molecule has 1 atom stereocenters. The van der Waals surface area contributed by atoms with Gasteiger partial charge in [-0.2, -0.15) is 4.31 Å². The summed E-state index contributed by atoms with van der Waals surface area (Å²) in [7, 11) is -1.83. The van der Waals surface area contributed by atoms with Gasteiger partial charge in [0.2, 0.25) is 21.8 Å². The number of piperidine rings is 1. The molecule has 1 saturated heterocycles. The average Bonchev–Trinajstić information content (AvgIpc) is 3.66. The fraction of sp³-hybridized carbons (Fsp3) is 0.438. The van der Waals surface area contributed by atoms with Crippen LogP contribution in [-0.2, 0) is 33.2 Å². The topological polar surface area (TPSA) is 122 Å². The van der Waals surface area contributed by atoms with Crippen LogP contribution in [0.1, 0.15) is 63.1 Å². The molecule has 0 radical (unpaired) electrons. The van der Waals surface area contributed by atoms with Crippen LogP contribution in [-0.4, -0.2) is 63.2 Å². The normalized spacial score (nSPS) is 17.4. The van der Waals surface area contributed by atoms with Gasteiger partial charge in [-0.05, 0) is 74.2 Å². The van der Waals surface area contributed by atoms with Crippen molar-refractivity contribution in [1.82, 2.24) is 29.2 Å². The number of hydrogen-bond acceptors (Lipinski definition) is 6. The maximum Gasteiger partial charge on any atom is 0.249 e. The van der Waals surface area contributed by atoms with Gasteiger partial charge < -0.3 is 9.88 Å². The van der Waals surface area contributed by atoms with Crippen molar-refractivity contribution in [1.29, 1.82) is 0 Å². The lowest BCUT2D eigenvalue weighted by molar-refractivity contribution is -0.127. The minimum Gasteiger partial charge on any atom is -0.352 e. The van der Waals surface area contributed by atoms with E-state index in [9.17, 15) is 18.0 Å². The Bertz CT molecular complexity index is 1720. The average molecular weight is 618 g/mol. The van der Waals surface area contributed by atoms with Gasteiger partial charge in [0, 0.05) is 38.1 Å². The summed E-state index contributed by atoms with van der Waals surface area (Å²) in [5.74, 6) is -0.655. The van der Waals surface area contributed by atoms with Crippen LogP contribution >= 0.6 is 0 Å². The minimum atomic E-state index is -3.67. The molecule has 0 spiro atoms. The highest BCUT2D eigenvalue weighted by Gasteiger charge is 2.36. The molecule has 11 nitrogen and oxygen atoms in total. The molecule has 2 amide bonds. The van der Waals surface area contributed by atoms with E-state index in [0.29, 0.717) is 35.5 Å². The number of benzene rings is 2. The number of para-hydroxylation sites is 1. The molecule has 44 heavy (non-hydrogen) atoms. The van der Waals surface area contributed by atoms with Crippen molar-refractivity contribution in [2.24, 2.45) is 7.05 Å². The van der Waals surface area contributed by atoms with Crippen LogP contribution in [0, 0.1) is 0 Å². The molecule has 1 aliphatic carbocycles. The number of carbonyl (C=O) groups excluding carboxylic acids is 2. The van der Waals surface area contributed by atoms with Crippen molar-refractivity contribution in [2.45, 2.75) is 74.9 Å². The third-order valence-electron chi connectivity index (χ3n) is 8.76. The summed E-state index contributed by atoms with van der Waals surface area (Å²) in [6.45, 7) is 0.834. The number of anilines is 1. The lowest BCUT2D eigenvalue weighted by atomic mass is 9.95. The van der Waals surface area contributed by atoms with Crippen LogP contribution in [0.4, 0.5) is 5.69 Å². The smallest absolute Gasteiger partial charge is 0.249 e. The third-order valence-corrected chi connectivity index (χ3v) is 10.7. The highest BCUT2D eigenvalue weighted by atomic mass is 32.2. The van der Waals surface area contributed by atoms with Crippen LogP contribution < -0.4 is 10.2 Å². The maximum atomic E-state index is 14.4. The summed E-state index contributed by atoms with van der Waals surface area (Å²) >= 11 is 0. The molecule has 0 bridgehead atoms. The van der Waals surface area contributed by atoms with Crippen molar-refractivity contribution in [3.05, 3.63) is 72.6 Å². The largest absolute Gasteiger partial charge is 0.352 e. The molecule has 2 fully saturated rings. The fourth-order valence-electron chi connectivity index (χ4n) is 6.38. The van der Waals surface area contributed by atoms with E-state index in [1.807, 2.05) is 54.2 Å². The van der Waals surface area contributed by atoms with Gasteiger partial charge in [0.05, 0.1) is 16.1 Å². The molecule has 4 aromatic rings. The summed E-state index contributed by atoms with van der Waals surface area (Å²) in [5.41, 5.74) is 2.42. The molecule has 2 aromatic heterocycles. The fourth-order valence-corrected chi connectivity index (χ4v) is 7.89. The molecule has 2 aromatic carbocycles. The van der Waals surface area contributed by atoms with E-state index in [2.05, 4.69) is 15.6 Å². The first-order valence-electron chi connectivity index (χ1n) is 15.4. The third kappa shape index (κ3) is 6.14. The van der Waals surface area contributed by atoms with Crippen LogP contribution in [0.3, 0.4) is 0 Å². The Morgan fingerprint density at radius 1 is 0.932 bits per heavy atom. The number of nitrogens with one attached hydrogen (secondary N) is 1. The molecule has 12 heteroatoms. The second-order valence-electron chi connectivity index (χ2n) is 11.7. The Hall–Kier alpha value is -4.03. The molecule has 6 rings (SSSR count). The SMILES string of the molecule is Cn1cccc1[C@@H](C(=O)NC1CCCCC1)N(C(=O)Cn1nnc2ccccc21)c1ccc(S(=O)(=O)N2CCCCC2)cc1. The molecule has 232 valence electrons. The second-order valence-corrected chi connectivity index (χ2v) is 13.7. The van der Waals surface area contributed by atoms with Crippen LogP contribution in [0.2, 0.25) is 0 Å². The summed E-state index contributed by atoms with van der Waals surface area (Å²) in [4.78, 5) is 30.2. The predicted octanol–water partition coefficient (Wildman–Crippen LogP) is 4.17. The van der Waals surface area contributed by atoms with Gasteiger partial charge in [0.25, 0.3) is 0 Å². The number of aromatic nitrogens is 4. The highest BCUT2D eigenvalue weighted by Crippen LogP contribution is 2.31. The Morgan fingerprint density at radius 2 is 1.64 bits per heavy atom. The summed E-state index contributed by atoms with van der Waals surface area (Å²) in [6, 6.07) is 16.4. The zero-order valence-electron chi connectivity index (χ0n) is 25.0. The van der Waals surface area contributed by atoms with Gasteiger partial charge in [-0.1, -0.05) is 43.0 Å². The van der Waals surface area contributed by atoms with Crippen LogP contribution in [0.25, 0.3) is 11.0 Å². The highest BCUT2D eigenvalue weighted by molar-refractivity contribution is 7.89. The van der Waals surface area contributed by atoms with Gasteiger partial charge in [0.15, 0.2) is 6.04 Å². The number of aryl methyl sites for hydroxylation is 1. The second kappa shape index (κ2) is 12.9. The van der Waals surface area contributed by atoms with E-state index < -0.39 is 16.1 Å². The Morgan fingerprint density at radius 3 is 2.34 bits per heavy atom. The van der Waals surface area contributed by atoms with Crippen LogP contribution in [0.15, 0.2) is 71.8 Å². The van der Waals surface area contributed by atoms with Crippen molar-refractivity contribution in [3.8, 4) is 0 Å². The van der Waals surface area contributed by atoms with E-state index in [4.69, 9.17) is 0 Å². The van der Waals surface area contributed by atoms with E-state index in [1.165, 1.54) is 26.0 Å². The number of hydrogen-bond donors (Lipinski definition) is 1. The number of rotatable bonds is 9. The molecule has 1 saturated carbocycles. The number of fused-ring (bicyclic) bond motifs is 1. The Labute approximate surface area is 257 Å². The van der Waals surface area contributed by atoms with Gasteiger partial charge in [0.1, 0.15) is 12.1 Å². The van der Waals surface area contributed by atoms with Gasteiger partial charge in [-0.3, -0.25) is 14.5 Å². The zero-order chi connectivity index (χ0) is 30.7. The number of sulfonamides is 1. The Balaban J connectivity index is 1.39. The molecular weight excluding hydrogens is 578 g/mol. The van der Waals surface area contributed by atoms with Crippen LogP contribution in [0.5, 0.6) is 0 Å². The lowest BCUT2D eigenvalue weighted by Crippen LogP contribution is -2.48. The molecule has 1 N–H and O–H groups in total. The first-order valence-corrected chi connectivity index (χ1v) is 16.9. The first-order chi connectivity index (χ1) is 21.3. The predicted molar refractivity (Wildman–Crippen MR) is 167 cm³/mol. The number of nitrogens with zero attached hydrogens (tertiary/aromatic N) is 6. The monoisotopic (exact) mass is 617 g/mol. The van der Waals surface area contributed by atoms with Gasteiger partial charge in [-0.25, -0.2) is 13.1 Å². The molecule has 0 unspecified atom stereocenters. The van der Waals surface area contributed by atoms with Gasteiger partial charge in [-0.15, -0.1) is 5.10 Å². The van der Waals surface area contributed by atoms with E-state index in [-0.39, 0.29) is 29.3 Å². The maximum absolute atomic E-state index is 14.4. The van der Waals surface area contributed by atoms with Crippen molar-refractivity contribution < 1.29 is 18.0 Å². The van der Waals surface area contributed by atoms with Gasteiger partial charge >= 0.3 is 0 Å². The van der Waals surface area contributed by atoms with E-state index in [0.717, 1.165) is 51.4 Å². The molecule has 3 heterocycles. The quantitative estimate of drug-likeness (QED) is 0.301. The zero-order valence-corrected chi connectivity index (χ0v) is 25.8. The number of amides is 2. The van der Waals surface area contributed by atoms with E-state index >= 15 is 0 Å². The number of carbonyl (C=O) groups is 2. The Kier molecular flexibility index (Phi) is 8.81.